The van der Waals surface area contributed by atoms with Gasteiger partial charge in [-0.2, -0.15) is 5.10 Å². The lowest BCUT2D eigenvalue weighted by molar-refractivity contribution is 0.0697. The number of ketones is 1. The summed E-state index contributed by atoms with van der Waals surface area (Å²) >= 11 is 0. The molecule has 1 aliphatic heterocycles. The highest BCUT2D eigenvalue weighted by Crippen LogP contribution is 2.35. The zero-order valence-corrected chi connectivity index (χ0v) is 11.4. The van der Waals surface area contributed by atoms with Gasteiger partial charge in [-0.3, -0.25) is 4.79 Å². The minimum absolute atomic E-state index is 0.165. The largest absolute Gasteiger partial charge is 0.317 e. The second-order valence-electron chi connectivity index (χ2n) is 5.33. The summed E-state index contributed by atoms with van der Waals surface area (Å²) in [4.78, 5) is 17.0. The van der Waals surface area contributed by atoms with Crippen LogP contribution in [0.1, 0.15) is 56.7 Å². The van der Waals surface area contributed by atoms with Crippen LogP contribution < -0.4 is 5.32 Å². The van der Waals surface area contributed by atoms with Crippen LogP contribution in [0.2, 0.25) is 0 Å². The molecule has 0 bridgehead atoms. The van der Waals surface area contributed by atoms with Gasteiger partial charge in [0.1, 0.15) is 6.33 Å². The Hall–Kier alpha value is -1.23. The van der Waals surface area contributed by atoms with Crippen LogP contribution in [0.5, 0.6) is 0 Å². The summed E-state index contributed by atoms with van der Waals surface area (Å²) in [7, 11) is 0. The van der Waals surface area contributed by atoms with Crippen LogP contribution in [0.15, 0.2) is 6.33 Å². The summed E-state index contributed by atoms with van der Waals surface area (Å²) in [6.07, 6.45) is 4.15. The molecule has 1 N–H and O–H groups in total. The van der Waals surface area contributed by atoms with Crippen molar-refractivity contribution in [2.45, 2.75) is 46.1 Å². The summed E-state index contributed by atoms with van der Waals surface area (Å²) in [5, 5.41) is 7.48. The summed E-state index contributed by atoms with van der Waals surface area (Å²) in [6, 6.07) is 0.169. The van der Waals surface area contributed by atoms with Gasteiger partial charge in [-0.15, -0.1) is 0 Å². The molecular weight excluding hydrogens is 228 g/mol. The molecule has 0 aliphatic carbocycles. The van der Waals surface area contributed by atoms with Gasteiger partial charge in [0, 0.05) is 11.5 Å². The molecule has 1 aromatic heterocycles. The summed E-state index contributed by atoms with van der Waals surface area (Å²) < 4.78 is 1.74. The average molecular weight is 250 g/mol. The highest BCUT2D eigenvalue weighted by atomic mass is 16.1. The van der Waals surface area contributed by atoms with Crippen molar-refractivity contribution in [3.8, 4) is 0 Å². The highest BCUT2D eigenvalue weighted by Gasteiger charge is 2.40. The fraction of sp³-hybridized carbons (Fsp3) is 0.769. The van der Waals surface area contributed by atoms with Gasteiger partial charge < -0.3 is 5.32 Å². The van der Waals surface area contributed by atoms with Crippen molar-refractivity contribution in [1.82, 2.24) is 20.1 Å². The predicted octanol–water partition coefficient (Wildman–Crippen LogP) is 1.82. The fourth-order valence-corrected chi connectivity index (χ4v) is 2.67. The van der Waals surface area contributed by atoms with Gasteiger partial charge in [-0.1, -0.05) is 6.92 Å². The second-order valence-corrected chi connectivity index (χ2v) is 5.33. The number of rotatable bonds is 4. The van der Waals surface area contributed by atoms with Crippen LogP contribution in [0.3, 0.4) is 0 Å². The molecular formula is C13H22N4O. The van der Waals surface area contributed by atoms with E-state index in [1.165, 1.54) is 6.33 Å². The SMILES string of the molecule is CCC1(C(=O)c2ncnn2C(C)C)CCNCC1. The smallest absolute Gasteiger partial charge is 0.205 e. The standard InChI is InChI=1S/C13H22N4O/c1-4-13(5-7-14-8-6-13)11(18)12-15-9-16-17(12)10(2)3/h9-10,14H,4-8H2,1-3H3. The van der Waals surface area contributed by atoms with Crippen molar-refractivity contribution in [3.63, 3.8) is 0 Å². The van der Waals surface area contributed by atoms with E-state index in [0.29, 0.717) is 5.82 Å². The van der Waals surface area contributed by atoms with Crippen LogP contribution in [-0.2, 0) is 0 Å². The Morgan fingerprint density at radius 1 is 1.50 bits per heavy atom. The van der Waals surface area contributed by atoms with Gasteiger partial charge in [0.05, 0.1) is 0 Å². The molecule has 2 heterocycles. The first-order chi connectivity index (χ1) is 8.60. The Bertz CT molecular complexity index is 418. The lowest BCUT2D eigenvalue weighted by Gasteiger charge is -2.35. The van der Waals surface area contributed by atoms with Gasteiger partial charge in [0.15, 0.2) is 5.82 Å². The Balaban J connectivity index is 2.31. The summed E-state index contributed by atoms with van der Waals surface area (Å²) in [5.41, 5.74) is -0.245. The Morgan fingerprint density at radius 3 is 2.72 bits per heavy atom. The Labute approximate surface area is 108 Å². The number of nitrogens with zero attached hydrogens (tertiary/aromatic N) is 3. The Kier molecular flexibility index (Phi) is 3.80. The molecule has 0 amide bonds. The van der Waals surface area contributed by atoms with Crippen molar-refractivity contribution in [3.05, 3.63) is 12.2 Å². The first-order valence-electron chi connectivity index (χ1n) is 6.76. The van der Waals surface area contributed by atoms with E-state index in [9.17, 15) is 4.79 Å². The molecule has 0 aromatic carbocycles. The van der Waals surface area contributed by atoms with Crippen molar-refractivity contribution in [2.24, 2.45) is 5.41 Å². The minimum atomic E-state index is -0.245. The summed E-state index contributed by atoms with van der Waals surface area (Å²) in [5.74, 6) is 0.687. The van der Waals surface area contributed by atoms with Crippen LogP contribution in [-0.4, -0.2) is 33.6 Å². The zero-order valence-electron chi connectivity index (χ0n) is 11.4. The lowest BCUT2D eigenvalue weighted by atomic mass is 9.73. The van der Waals surface area contributed by atoms with Gasteiger partial charge in [-0.25, -0.2) is 9.67 Å². The van der Waals surface area contributed by atoms with E-state index in [1.54, 1.807) is 4.68 Å². The van der Waals surface area contributed by atoms with Gasteiger partial charge in [0.2, 0.25) is 5.78 Å². The molecule has 1 fully saturated rings. The molecule has 5 heteroatoms. The van der Waals surface area contributed by atoms with Crippen LogP contribution in [0.25, 0.3) is 0 Å². The van der Waals surface area contributed by atoms with E-state index >= 15 is 0 Å². The van der Waals surface area contributed by atoms with Crippen molar-refractivity contribution in [1.29, 1.82) is 0 Å². The summed E-state index contributed by atoms with van der Waals surface area (Å²) in [6.45, 7) is 7.96. The normalized spacial score (nSPS) is 19.1. The quantitative estimate of drug-likeness (QED) is 0.828. The molecule has 18 heavy (non-hydrogen) atoms. The molecule has 1 aliphatic rings. The molecule has 2 rings (SSSR count). The number of hydrogen-bond acceptors (Lipinski definition) is 4. The third kappa shape index (κ3) is 2.19. The van der Waals surface area contributed by atoms with E-state index in [2.05, 4.69) is 22.3 Å². The highest BCUT2D eigenvalue weighted by molar-refractivity contribution is 5.97. The molecule has 1 saturated heterocycles. The number of nitrogens with one attached hydrogen (secondary N) is 1. The first kappa shape index (κ1) is 13.2. The fourth-order valence-electron chi connectivity index (χ4n) is 2.67. The van der Waals surface area contributed by atoms with E-state index < -0.39 is 0 Å². The first-order valence-corrected chi connectivity index (χ1v) is 6.76. The third-order valence-electron chi connectivity index (χ3n) is 3.98. The third-order valence-corrected chi connectivity index (χ3v) is 3.98. The number of hydrogen-bond donors (Lipinski definition) is 1. The van der Waals surface area contributed by atoms with Crippen molar-refractivity contribution in [2.75, 3.05) is 13.1 Å². The zero-order chi connectivity index (χ0) is 13.2. The van der Waals surface area contributed by atoms with E-state index in [4.69, 9.17) is 0 Å². The number of piperidine rings is 1. The molecule has 1 aromatic rings. The maximum Gasteiger partial charge on any atom is 0.205 e. The monoisotopic (exact) mass is 250 g/mol. The van der Waals surface area contributed by atoms with E-state index in [-0.39, 0.29) is 17.2 Å². The van der Waals surface area contributed by atoms with Gasteiger partial charge in [0.25, 0.3) is 0 Å². The number of carbonyl (C=O) groups excluding carboxylic acids is 1. The molecule has 5 nitrogen and oxygen atoms in total. The Morgan fingerprint density at radius 2 is 2.17 bits per heavy atom. The topological polar surface area (TPSA) is 59.8 Å². The maximum absolute atomic E-state index is 12.8. The second kappa shape index (κ2) is 5.18. The van der Waals surface area contributed by atoms with Crippen LogP contribution >= 0.6 is 0 Å². The molecule has 100 valence electrons. The molecule has 0 spiro atoms. The van der Waals surface area contributed by atoms with Crippen LogP contribution in [0.4, 0.5) is 0 Å². The molecule has 0 saturated carbocycles. The molecule has 0 radical (unpaired) electrons. The maximum atomic E-state index is 12.8. The minimum Gasteiger partial charge on any atom is -0.317 e. The van der Waals surface area contributed by atoms with Gasteiger partial charge >= 0.3 is 0 Å². The number of carbonyl (C=O) groups is 1. The lowest BCUT2D eigenvalue weighted by Crippen LogP contribution is -2.42. The predicted molar refractivity (Wildman–Crippen MR) is 69.6 cm³/mol. The molecule has 0 unspecified atom stereocenters. The average Bonchev–Trinajstić information content (AvgIpc) is 2.88. The van der Waals surface area contributed by atoms with Crippen molar-refractivity contribution < 1.29 is 4.79 Å². The number of aromatic nitrogens is 3. The number of Topliss-reactive ketones (excluding diaryl/α,β-unsaturated/α-hetero) is 1. The van der Waals surface area contributed by atoms with E-state index in [1.807, 2.05) is 13.8 Å². The van der Waals surface area contributed by atoms with Crippen molar-refractivity contribution >= 4 is 5.78 Å². The van der Waals surface area contributed by atoms with E-state index in [0.717, 1.165) is 32.4 Å². The van der Waals surface area contributed by atoms with Crippen LogP contribution in [0, 0.1) is 5.41 Å². The van der Waals surface area contributed by atoms with Gasteiger partial charge in [-0.05, 0) is 46.2 Å². The molecule has 0 atom stereocenters.